The summed E-state index contributed by atoms with van der Waals surface area (Å²) in [5, 5.41) is 0. The molecule has 0 unspecified atom stereocenters. The van der Waals surface area contributed by atoms with Crippen LogP contribution in [0.4, 0.5) is 4.79 Å². The number of benzene rings is 1. The minimum Gasteiger partial charge on any atom is -0.460 e. The highest BCUT2D eigenvalue weighted by Gasteiger charge is 2.15. The van der Waals surface area contributed by atoms with Crippen LogP contribution in [0, 0.1) is 0 Å². The summed E-state index contributed by atoms with van der Waals surface area (Å²) >= 11 is 0. The molecule has 0 aliphatic rings. The molecule has 0 aliphatic heterocycles. The van der Waals surface area contributed by atoms with Crippen LogP contribution in [0.3, 0.4) is 0 Å². The van der Waals surface area contributed by atoms with Crippen LogP contribution in [0.1, 0.15) is 26.3 Å². The second kappa shape index (κ2) is 7.49. The Morgan fingerprint density at radius 3 is 2.40 bits per heavy atom. The molecule has 1 rings (SSSR count). The Bertz CT molecular complexity index is 440. The highest BCUT2D eigenvalue weighted by molar-refractivity contribution is 5.72. The van der Waals surface area contributed by atoms with Gasteiger partial charge in [-0.05, 0) is 26.3 Å². The summed E-state index contributed by atoms with van der Waals surface area (Å²) in [7, 11) is 0. The molecule has 2 N–H and O–H groups in total. The molecule has 0 atom stereocenters. The topological polar surface area (TPSA) is 76.7 Å². The van der Waals surface area contributed by atoms with Crippen LogP contribution in [-0.4, -0.2) is 24.2 Å². The zero-order valence-corrected chi connectivity index (χ0v) is 11.9. The highest BCUT2D eigenvalue weighted by Crippen LogP contribution is 2.05. The molecule has 110 valence electrons. The smallest absolute Gasteiger partial charge is 0.422 e. The van der Waals surface area contributed by atoms with Crippen LogP contribution in [-0.2, 0) is 20.9 Å². The standard InChI is InChI=1S/C14H20N2O4/c1-14(2,3)20-13(18)16-15-9-12(17)19-10-11-7-5-4-6-8-11/h4-8,15H,9-10H2,1-3H3,(H,16,18). The lowest BCUT2D eigenvalue weighted by molar-refractivity contribution is -0.144. The summed E-state index contributed by atoms with van der Waals surface area (Å²) < 4.78 is 10.0. The minimum absolute atomic E-state index is 0.133. The zero-order chi connectivity index (χ0) is 15.0. The van der Waals surface area contributed by atoms with Crippen molar-refractivity contribution in [1.29, 1.82) is 0 Å². The van der Waals surface area contributed by atoms with Gasteiger partial charge in [-0.15, -0.1) is 0 Å². The molecule has 0 saturated carbocycles. The summed E-state index contributed by atoms with van der Waals surface area (Å²) in [5.41, 5.74) is 5.02. The first-order valence-corrected chi connectivity index (χ1v) is 6.28. The predicted octanol–water partition coefficient (Wildman–Crippen LogP) is 1.76. The van der Waals surface area contributed by atoms with E-state index in [1.807, 2.05) is 30.3 Å². The number of amides is 1. The van der Waals surface area contributed by atoms with Crippen LogP contribution >= 0.6 is 0 Å². The molecule has 1 amide bonds. The maximum atomic E-state index is 11.4. The second-order valence-corrected chi connectivity index (χ2v) is 5.13. The molecule has 0 aliphatic carbocycles. The third kappa shape index (κ3) is 7.38. The number of ether oxygens (including phenoxy) is 2. The van der Waals surface area contributed by atoms with Crippen molar-refractivity contribution in [1.82, 2.24) is 10.9 Å². The van der Waals surface area contributed by atoms with Crippen molar-refractivity contribution in [3.05, 3.63) is 35.9 Å². The molecule has 0 radical (unpaired) electrons. The number of carbonyl (C=O) groups excluding carboxylic acids is 2. The van der Waals surface area contributed by atoms with E-state index in [9.17, 15) is 9.59 Å². The Labute approximate surface area is 118 Å². The van der Waals surface area contributed by atoms with Crippen molar-refractivity contribution in [2.45, 2.75) is 33.0 Å². The van der Waals surface area contributed by atoms with Gasteiger partial charge < -0.3 is 9.47 Å². The van der Waals surface area contributed by atoms with Crippen LogP contribution in [0.25, 0.3) is 0 Å². The lowest BCUT2D eigenvalue weighted by atomic mass is 10.2. The molecule has 0 aromatic heterocycles. The van der Waals surface area contributed by atoms with E-state index in [2.05, 4.69) is 10.9 Å². The van der Waals surface area contributed by atoms with E-state index >= 15 is 0 Å². The molecule has 0 saturated heterocycles. The summed E-state index contributed by atoms with van der Waals surface area (Å²) in [6.07, 6.45) is -0.645. The maximum absolute atomic E-state index is 11.4. The molecule has 0 heterocycles. The fourth-order valence-electron chi connectivity index (χ4n) is 1.28. The van der Waals surface area contributed by atoms with Crippen LogP contribution in [0.2, 0.25) is 0 Å². The van der Waals surface area contributed by atoms with Crippen LogP contribution in [0.15, 0.2) is 30.3 Å². The normalized spacial score (nSPS) is 10.8. The lowest BCUT2D eigenvalue weighted by Gasteiger charge is -2.19. The van der Waals surface area contributed by atoms with E-state index in [0.717, 1.165) is 5.56 Å². The largest absolute Gasteiger partial charge is 0.460 e. The number of rotatable bonds is 5. The third-order valence-electron chi connectivity index (χ3n) is 2.06. The van der Waals surface area contributed by atoms with Gasteiger partial charge in [0.05, 0.1) is 0 Å². The Morgan fingerprint density at radius 1 is 1.15 bits per heavy atom. The van der Waals surface area contributed by atoms with Crippen LogP contribution in [0.5, 0.6) is 0 Å². The van der Waals surface area contributed by atoms with E-state index < -0.39 is 17.7 Å². The first-order valence-electron chi connectivity index (χ1n) is 6.28. The van der Waals surface area contributed by atoms with Gasteiger partial charge in [-0.2, -0.15) is 0 Å². The second-order valence-electron chi connectivity index (χ2n) is 5.13. The molecule has 0 fully saturated rings. The molecule has 1 aromatic carbocycles. The van der Waals surface area contributed by atoms with Gasteiger partial charge in [0.1, 0.15) is 18.8 Å². The summed E-state index contributed by atoms with van der Waals surface area (Å²) in [5.74, 6) is -0.468. The summed E-state index contributed by atoms with van der Waals surface area (Å²) in [4.78, 5) is 22.7. The molecule has 20 heavy (non-hydrogen) atoms. The van der Waals surface area contributed by atoms with Gasteiger partial charge in [0, 0.05) is 0 Å². The van der Waals surface area contributed by atoms with Crippen molar-refractivity contribution in [3.8, 4) is 0 Å². The van der Waals surface area contributed by atoms with Crippen LogP contribution < -0.4 is 10.9 Å². The van der Waals surface area contributed by atoms with Crippen molar-refractivity contribution in [3.63, 3.8) is 0 Å². The minimum atomic E-state index is -0.645. The number of esters is 1. The SMILES string of the molecule is CC(C)(C)OC(=O)NNCC(=O)OCc1ccccc1. The van der Waals surface area contributed by atoms with E-state index in [4.69, 9.17) is 9.47 Å². The number of carbonyl (C=O) groups is 2. The predicted molar refractivity (Wildman–Crippen MR) is 73.6 cm³/mol. The highest BCUT2D eigenvalue weighted by atomic mass is 16.6. The van der Waals surface area contributed by atoms with Crippen molar-refractivity contribution < 1.29 is 19.1 Å². The van der Waals surface area contributed by atoms with E-state index in [0.29, 0.717) is 0 Å². The molecule has 1 aromatic rings. The first-order chi connectivity index (χ1) is 9.37. The number of hydrogen-bond acceptors (Lipinski definition) is 5. The molecular formula is C14H20N2O4. The number of hydrogen-bond donors (Lipinski definition) is 2. The molecule has 6 nitrogen and oxygen atoms in total. The average Bonchev–Trinajstić information content (AvgIpc) is 2.35. The van der Waals surface area contributed by atoms with E-state index in [1.165, 1.54) is 0 Å². The molecular weight excluding hydrogens is 260 g/mol. The van der Waals surface area contributed by atoms with Gasteiger partial charge in [-0.3, -0.25) is 10.2 Å². The quantitative estimate of drug-likeness (QED) is 0.635. The van der Waals surface area contributed by atoms with Crippen molar-refractivity contribution >= 4 is 12.1 Å². The molecule has 6 heteroatoms. The number of hydrazine groups is 1. The zero-order valence-electron chi connectivity index (χ0n) is 11.9. The third-order valence-corrected chi connectivity index (χ3v) is 2.06. The van der Waals surface area contributed by atoms with E-state index in [-0.39, 0.29) is 13.2 Å². The Morgan fingerprint density at radius 2 is 1.80 bits per heavy atom. The Hall–Kier alpha value is -2.08. The lowest BCUT2D eigenvalue weighted by Crippen LogP contribution is -2.43. The number of nitrogens with one attached hydrogen (secondary N) is 2. The average molecular weight is 280 g/mol. The van der Waals surface area contributed by atoms with Gasteiger partial charge in [0.25, 0.3) is 0 Å². The maximum Gasteiger partial charge on any atom is 0.422 e. The summed E-state index contributed by atoms with van der Waals surface area (Å²) in [6, 6.07) is 9.34. The van der Waals surface area contributed by atoms with Gasteiger partial charge >= 0.3 is 12.1 Å². The van der Waals surface area contributed by atoms with Gasteiger partial charge in [-0.25, -0.2) is 10.2 Å². The Balaban J connectivity index is 2.16. The first kappa shape index (κ1) is 16.0. The fraction of sp³-hybridized carbons (Fsp3) is 0.429. The molecule has 0 spiro atoms. The fourth-order valence-corrected chi connectivity index (χ4v) is 1.28. The molecule has 0 bridgehead atoms. The van der Waals surface area contributed by atoms with Gasteiger partial charge in [0.2, 0.25) is 0 Å². The van der Waals surface area contributed by atoms with Gasteiger partial charge in [0.15, 0.2) is 0 Å². The van der Waals surface area contributed by atoms with E-state index in [1.54, 1.807) is 20.8 Å². The monoisotopic (exact) mass is 280 g/mol. The van der Waals surface area contributed by atoms with Gasteiger partial charge in [-0.1, -0.05) is 30.3 Å². The van der Waals surface area contributed by atoms with Crippen molar-refractivity contribution in [2.24, 2.45) is 0 Å². The van der Waals surface area contributed by atoms with Crippen molar-refractivity contribution in [2.75, 3.05) is 6.54 Å². The Kier molecular flexibility index (Phi) is 5.99. The summed E-state index contributed by atoms with van der Waals surface area (Å²) in [6.45, 7) is 5.32.